The molecule has 1 saturated heterocycles. The highest BCUT2D eigenvalue weighted by Crippen LogP contribution is 2.56. The predicted octanol–water partition coefficient (Wildman–Crippen LogP) is 4.18. The molecule has 0 bridgehead atoms. The Hall–Kier alpha value is -0.990. The number of hydrogen-bond acceptors (Lipinski definition) is 2. The number of rotatable bonds is 10. The van der Waals surface area contributed by atoms with Gasteiger partial charge in [-0.2, -0.15) is 35.1 Å². The molecule has 0 aromatic rings. The van der Waals surface area contributed by atoms with E-state index in [2.05, 4.69) is 9.47 Å². The van der Waals surface area contributed by atoms with Crippen LogP contribution in [0.25, 0.3) is 0 Å². The normalized spacial score (nSPS) is 23.1. The highest BCUT2D eigenvalue weighted by atomic mass is 19.4. The minimum atomic E-state index is -7.47. The van der Waals surface area contributed by atoms with Crippen LogP contribution in [0.1, 0.15) is 0 Å². The molecule has 156 valence electrons. The third-order valence-electron chi connectivity index (χ3n) is 3.21. The zero-order valence-corrected chi connectivity index (χ0v) is 12.0. The molecule has 1 aliphatic heterocycles. The summed E-state index contributed by atoms with van der Waals surface area (Å²) in [5, 5.41) is 0. The van der Waals surface area contributed by atoms with E-state index >= 15 is 0 Å². The van der Waals surface area contributed by atoms with Crippen molar-refractivity contribution in [2.24, 2.45) is 0 Å². The molecule has 2 nitrogen and oxygen atoms in total. The fourth-order valence-electron chi connectivity index (χ4n) is 1.52. The first-order valence-corrected chi connectivity index (χ1v) is 6.46. The molecule has 4 unspecified atom stereocenters. The monoisotopic (exact) mass is 420 g/mol. The minimum absolute atomic E-state index is 0.169. The van der Waals surface area contributed by atoms with Gasteiger partial charge in [0.2, 0.25) is 6.17 Å². The number of epoxide rings is 1. The van der Waals surface area contributed by atoms with Crippen molar-refractivity contribution in [3.63, 3.8) is 0 Å². The molecule has 0 aromatic carbocycles. The lowest BCUT2D eigenvalue weighted by atomic mass is 9.93. The summed E-state index contributed by atoms with van der Waals surface area (Å²) >= 11 is 0. The van der Waals surface area contributed by atoms with Gasteiger partial charge >= 0.3 is 23.7 Å². The van der Waals surface area contributed by atoms with Gasteiger partial charge in [0, 0.05) is 0 Å². The molecular weight excluding hydrogens is 411 g/mol. The third-order valence-corrected chi connectivity index (χ3v) is 3.21. The summed E-state index contributed by atoms with van der Waals surface area (Å²) in [4.78, 5) is 0. The SMILES string of the molecule is FC(F)C(F)C(F)C(F)(F)C(F)(F)C(F)(F)C(F)(F)C(F)OCC1CO1. The van der Waals surface area contributed by atoms with Crippen molar-refractivity contribution in [1.29, 1.82) is 0 Å². The van der Waals surface area contributed by atoms with E-state index in [0.29, 0.717) is 0 Å². The van der Waals surface area contributed by atoms with E-state index in [1.165, 1.54) is 0 Å². The Morgan fingerprint density at radius 1 is 0.808 bits per heavy atom. The Labute approximate surface area is 136 Å². The quantitative estimate of drug-likeness (QED) is 0.391. The molecule has 26 heavy (non-hydrogen) atoms. The summed E-state index contributed by atoms with van der Waals surface area (Å²) in [5.74, 6) is -28.5. The van der Waals surface area contributed by atoms with Gasteiger partial charge in [-0.1, -0.05) is 0 Å². The summed E-state index contributed by atoms with van der Waals surface area (Å²) in [6.07, 6.45) is -20.2. The van der Waals surface area contributed by atoms with Crippen LogP contribution in [0.5, 0.6) is 0 Å². The Kier molecular flexibility index (Phi) is 6.39. The third kappa shape index (κ3) is 3.82. The van der Waals surface area contributed by atoms with Crippen molar-refractivity contribution in [1.82, 2.24) is 0 Å². The molecule has 0 N–H and O–H groups in total. The summed E-state index contributed by atoms with van der Waals surface area (Å²) in [6.45, 7) is -1.30. The van der Waals surface area contributed by atoms with Gasteiger partial charge in [-0.3, -0.25) is 0 Å². The van der Waals surface area contributed by atoms with Crippen LogP contribution in [0.3, 0.4) is 0 Å². The van der Waals surface area contributed by atoms with E-state index in [1.54, 1.807) is 0 Å². The lowest BCUT2D eigenvalue weighted by Crippen LogP contribution is -2.68. The number of alkyl halides is 13. The maximum atomic E-state index is 13.3. The smallest absolute Gasteiger partial charge is 0.371 e. The van der Waals surface area contributed by atoms with Crippen molar-refractivity contribution < 1.29 is 66.5 Å². The van der Waals surface area contributed by atoms with Crippen molar-refractivity contribution >= 4 is 0 Å². The van der Waals surface area contributed by atoms with Crippen LogP contribution in [0, 0.1) is 0 Å². The maximum absolute atomic E-state index is 13.3. The average Bonchev–Trinajstić information content (AvgIpc) is 3.34. The Morgan fingerprint density at radius 3 is 1.62 bits per heavy atom. The molecule has 0 aromatic heterocycles. The fourth-order valence-corrected chi connectivity index (χ4v) is 1.52. The number of halogens is 13. The summed E-state index contributed by atoms with van der Waals surface area (Å²) in [6, 6.07) is 0. The molecule has 4 atom stereocenters. The number of hydrogen-bond donors (Lipinski definition) is 0. The van der Waals surface area contributed by atoms with Crippen molar-refractivity contribution in [3.05, 3.63) is 0 Å². The molecule has 0 spiro atoms. The largest absolute Gasteiger partial charge is 0.383 e. The van der Waals surface area contributed by atoms with Crippen molar-refractivity contribution in [2.75, 3.05) is 13.2 Å². The van der Waals surface area contributed by atoms with Gasteiger partial charge in [0.25, 0.3) is 12.8 Å². The molecule has 0 amide bonds. The molecular formula is C11H9F13O2. The average molecular weight is 420 g/mol. The molecule has 0 saturated carbocycles. The zero-order chi connectivity index (χ0) is 20.7. The van der Waals surface area contributed by atoms with Crippen LogP contribution in [0.4, 0.5) is 57.1 Å². The molecule has 1 fully saturated rings. The van der Waals surface area contributed by atoms with E-state index in [0.717, 1.165) is 0 Å². The standard InChI is InChI=1S/C11H9F13O2/c12-4(6(14)15)5(13)8(17,18)10(21,22)11(23,24)9(19,20)7(16)26-2-3-1-25-3/h3-7H,1-2H2. The Balaban J connectivity index is 3.11. The highest BCUT2D eigenvalue weighted by molar-refractivity contribution is 5.08. The van der Waals surface area contributed by atoms with Crippen LogP contribution in [-0.4, -0.2) is 68.1 Å². The summed E-state index contributed by atoms with van der Waals surface area (Å²) in [7, 11) is 0. The molecule has 0 aliphatic carbocycles. The van der Waals surface area contributed by atoms with Gasteiger partial charge in [-0.15, -0.1) is 0 Å². The second kappa shape index (κ2) is 7.20. The maximum Gasteiger partial charge on any atom is 0.383 e. The van der Waals surface area contributed by atoms with E-state index in [1.807, 2.05) is 0 Å². The van der Waals surface area contributed by atoms with Gasteiger partial charge in [-0.25, -0.2) is 22.0 Å². The molecule has 15 heteroatoms. The number of ether oxygens (including phenoxy) is 2. The predicted molar refractivity (Wildman–Crippen MR) is 56.2 cm³/mol. The first-order chi connectivity index (χ1) is 11.5. The molecule has 1 heterocycles. The van der Waals surface area contributed by atoms with Crippen LogP contribution in [0.15, 0.2) is 0 Å². The van der Waals surface area contributed by atoms with E-state index in [9.17, 15) is 57.1 Å². The first kappa shape index (κ1) is 23.0. The van der Waals surface area contributed by atoms with Gasteiger partial charge in [0.05, 0.1) is 13.2 Å². The first-order valence-electron chi connectivity index (χ1n) is 6.46. The van der Waals surface area contributed by atoms with Crippen LogP contribution in [-0.2, 0) is 9.47 Å². The van der Waals surface area contributed by atoms with E-state index in [4.69, 9.17) is 0 Å². The van der Waals surface area contributed by atoms with Crippen LogP contribution in [0.2, 0.25) is 0 Å². The summed E-state index contributed by atoms with van der Waals surface area (Å²) in [5.41, 5.74) is 0. The molecule has 1 rings (SSSR count). The van der Waals surface area contributed by atoms with Gasteiger partial charge in [0.1, 0.15) is 6.10 Å². The van der Waals surface area contributed by atoms with Crippen molar-refractivity contribution in [3.8, 4) is 0 Å². The lowest BCUT2D eigenvalue weighted by Gasteiger charge is -2.38. The lowest BCUT2D eigenvalue weighted by molar-refractivity contribution is -0.402. The fraction of sp³-hybridized carbons (Fsp3) is 1.00. The van der Waals surface area contributed by atoms with Crippen LogP contribution < -0.4 is 0 Å². The molecule has 0 radical (unpaired) electrons. The minimum Gasteiger partial charge on any atom is -0.371 e. The van der Waals surface area contributed by atoms with Gasteiger partial charge in [0.15, 0.2) is 6.17 Å². The van der Waals surface area contributed by atoms with Crippen LogP contribution >= 0.6 is 0 Å². The molecule has 1 aliphatic rings. The topological polar surface area (TPSA) is 21.8 Å². The highest BCUT2D eigenvalue weighted by Gasteiger charge is 2.85. The second-order valence-electron chi connectivity index (χ2n) is 5.18. The van der Waals surface area contributed by atoms with E-state index < -0.39 is 61.5 Å². The van der Waals surface area contributed by atoms with Gasteiger partial charge in [-0.05, 0) is 0 Å². The van der Waals surface area contributed by atoms with Crippen molar-refractivity contribution in [2.45, 2.75) is 54.9 Å². The Bertz CT molecular complexity index is 479. The van der Waals surface area contributed by atoms with Gasteiger partial charge < -0.3 is 9.47 Å². The van der Waals surface area contributed by atoms with E-state index in [-0.39, 0.29) is 6.61 Å². The summed E-state index contributed by atoms with van der Waals surface area (Å²) < 4.78 is 176. The Morgan fingerprint density at radius 2 is 1.23 bits per heavy atom. The second-order valence-corrected chi connectivity index (χ2v) is 5.18. The zero-order valence-electron chi connectivity index (χ0n) is 12.0.